The van der Waals surface area contributed by atoms with Crippen LogP contribution in [0.15, 0.2) is 30.7 Å². The lowest BCUT2D eigenvalue weighted by Gasteiger charge is -2.09. The lowest BCUT2D eigenvalue weighted by atomic mass is 10.3. The molecule has 0 atom stereocenters. The summed E-state index contributed by atoms with van der Waals surface area (Å²) >= 11 is 4.92. The van der Waals surface area contributed by atoms with E-state index in [0.29, 0.717) is 23.9 Å². The third kappa shape index (κ3) is 3.35. The maximum absolute atomic E-state index is 5.58. The minimum absolute atomic E-state index is 0.212. The first-order chi connectivity index (χ1) is 9.20. The molecule has 2 rings (SSSR count). The van der Waals surface area contributed by atoms with Gasteiger partial charge in [-0.1, -0.05) is 18.3 Å². The van der Waals surface area contributed by atoms with Gasteiger partial charge < -0.3 is 15.8 Å². The number of pyridine rings is 1. The van der Waals surface area contributed by atoms with Gasteiger partial charge in [-0.3, -0.25) is 0 Å². The Kier molecular flexibility index (Phi) is 4.19. The van der Waals surface area contributed by atoms with E-state index >= 15 is 0 Å². The van der Waals surface area contributed by atoms with E-state index in [9.17, 15) is 0 Å². The Morgan fingerprint density at radius 1 is 1.32 bits per heavy atom. The maximum Gasteiger partial charge on any atom is 0.212 e. The van der Waals surface area contributed by atoms with Crippen molar-refractivity contribution in [2.75, 3.05) is 12.4 Å². The molecular weight excluding hydrogens is 262 g/mol. The molecule has 0 aliphatic rings. The van der Waals surface area contributed by atoms with E-state index in [4.69, 9.17) is 22.7 Å². The summed E-state index contributed by atoms with van der Waals surface area (Å²) < 4.78 is 5.00. The number of nitrogens with zero attached hydrogens (tertiary/aromatic N) is 3. The van der Waals surface area contributed by atoms with Gasteiger partial charge in [0, 0.05) is 31.2 Å². The molecule has 0 radical (unpaired) electrons. The molecule has 7 heteroatoms. The van der Waals surface area contributed by atoms with Gasteiger partial charge in [-0.25, -0.2) is 15.0 Å². The molecule has 0 spiro atoms. The van der Waals surface area contributed by atoms with Crippen molar-refractivity contribution in [2.24, 2.45) is 5.73 Å². The second-order valence-corrected chi connectivity index (χ2v) is 4.12. The van der Waals surface area contributed by atoms with Crippen LogP contribution in [-0.2, 0) is 6.54 Å². The average molecular weight is 275 g/mol. The van der Waals surface area contributed by atoms with Crippen LogP contribution in [0.3, 0.4) is 0 Å². The van der Waals surface area contributed by atoms with Crippen molar-refractivity contribution in [1.82, 2.24) is 15.0 Å². The Bertz CT molecular complexity index is 573. The number of methoxy groups -OCH3 is 1. The predicted octanol–water partition coefficient (Wildman–Crippen LogP) is 1.13. The number of hydrogen-bond donors (Lipinski definition) is 2. The van der Waals surface area contributed by atoms with Gasteiger partial charge in [-0.15, -0.1) is 0 Å². The molecule has 0 amide bonds. The second-order valence-electron chi connectivity index (χ2n) is 3.68. The fraction of sp³-hybridized carbons (Fsp3) is 0.167. The zero-order valence-corrected chi connectivity index (χ0v) is 11.1. The predicted molar refractivity (Wildman–Crippen MR) is 76.0 cm³/mol. The zero-order chi connectivity index (χ0) is 13.7. The highest BCUT2D eigenvalue weighted by atomic mass is 32.1. The van der Waals surface area contributed by atoms with Crippen molar-refractivity contribution < 1.29 is 4.74 Å². The molecule has 0 unspecified atom stereocenters. The summed E-state index contributed by atoms with van der Waals surface area (Å²) in [5, 5.41) is 3.13. The van der Waals surface area contributed by atoms with Crippen LogP contribution in [0.2, 0.25) is 0 Å². The van der Waals surface area contributed by atoms with Crippen LogP contribution in [0, 0.1) is 0 Å². The first-order valence-corrected chi connectivity index (χ1v) is 5.95. The van der Waals surface area contributed by atoms with Crippen LogP contribution >= 0.6 is 12.2 Å². The van der Waals surface area contributed by atoms with Crippen molar-refractivity contribution in [3.63, 3.8) is 0 Å². The Balaban J connectivity index is 2.07. The van der Waals surface area contributed by atoms with E-state index in [2.05, 4.69) is 20.3 Å². The lowest BCUT2D eigenvalue weighted by Crippen LogP contribution is -2.16. The molecule has 2 heterocycles. The molecule has 98 valence electrons. The Hall–Kier alpha value is -2.28. The third-order valence-electron chi connectivity index (χ3n) is 2.40. The normalized spacial score (nSPS) is 9.95. The summed E-state index contributed by atoms with van der Waals surface area (Å²) in [5.74, 6) is 1.14. The number of thiocarbonyl (C=S) groups is 1. The smallest absolute Gasteiger partial charge is 0.212 e. The van der Waals surface area contributed by atoms with E-state index in [0.717, 1.165) is 5.56 Å². The summed E-state index contributed by atoms with van der Waals surface area (Å²) in [6.45, 7) is 0.547. The van der Waals surface area contributed by atoms with Crippen LogP contribution in [-0.4, -0.2) is 27.1 Å². The van der Waals surface area contributed by atoms with E-state index in [1.165, 1.54) is 0 Å². The highest BCUT2D eigenvalue weighted by Gasteiger charge is 2.07. The van der Waals surface area contributed by atoms with Crippen LogP contribution in [0.25, 0.3) is 0 Å². The van der Waals surface area contributed by atoms with Crippen LogP contribution in [0.4, 0.5) is 5.82 Å². The van der Waals surface area contributed by atoms with Crippen LogP contribution in [0.1, 0.15) is 11.3 Å². The van der Waals surface area contributed by atoms with Gasteiger partial charge in [0.05, 0.1) is 7.11 Å². The molecule has 0 aromatic carbocycles. The molecule has 6 nitrogen and oxygen atoms in total. The Labute approximate surface area is 116 Å². The Morgan fingerprint density at radius 2 is 2.11 bits per heavy atom. The standard InChI is InChI=1S/C12H13N5OS/c1-18-9-3-2-8(6-16-9)7-17-12-10(11(13)19)14-4-5-15-12/h2-6H,7H2,1H3,(H2,13,19)(H,15,17). The van der Waals surface area contributed by atoms with E-state index in [1.807, 2.05) is 6.07 Å². The molecule has 0 aliphatic carbocycles. The Morgan fingerprint density at radius 3 is 2.74 bits per heavy atom. The molecule has 0 saturated heterocycles. The number of nitrogens with one attached hydrogen (secondary N) is 1. The lowest BCUT2D eigenvalue weighted by molar-refractivity contribution is 0.397. The first kappa shape index (κ1) is 13.2. The number of hydrogen-bond acceptors (Lipinski definition) is 6. The van der Waals surface area contributed by atoms with Gasteiger partial charge in [-0.2, -0.15) is 0 Å². The van der Waals surface area contributed by atoms with Gasteiger partial charge in [0.1, 0.15) is 10.7 Å². The quantitative estimate of drug-likeness (QED) is 0.791. The number of anilines is 1. The number of nitrogens with two attached hydrogens (primary N) is 1. The van der Waals surface area contributed by atoms with Crippen molar-refractivity contribution >= 4 is 23.0 Å². The second kappa shape index (κ2) is 6.05. The van der Waals surface area contributed by atoms with Crippen LogP contribution in [0.5, 0.6) is 5.88 Å². The summed E-state index contributed by atoms with van der Waals surface area (Å²) in [6, 6.07) is 3.71. The molecule has 2 aromatic rings. The number of aromatic nitrogens is 3. The van der Waals surface area contributed by atoms with E-state index < -0.39 is 0 Å². The largest absolute Gasteiger partial charge is 0.481 e. The van der Waals surface area contributed by atoms with Gasteiger partial charge in [0.25, 0.3) is 0 Å². The third-order valence-corrected chi connectivity index (χ3v) is 2.59. The summed E-state index contributed by atoms with van der Waals surface area (Å²) in [7, 11) is 1.58. The van der Waals surface area contributed by atoms with Crippen LogP contribution < -0.4 is 15.8 Å². The molecule has 0 bridgehead atoms. The highest BCUT2D eigenvalue weighted by molar-refractivity contribution is 7.80. The topological polar surface area (TPSA) is 86.0 Å². The molecule has 19 heavy (non-hydrogen) atoms. The highest BCUT2D eigenvalue weighted by Crippen LogP contribution is 2.11. The minimum atomic E-state index is 0.212. The molecule has 0 aliphatic heterocycles. The number of rotatable bonds is 5. The summed E-state index contributed by atoms with van der Waals surface area (Å²) in [5.41, 5.74) is 7.05. The van der Waals surface area contributed by atoms with Crippen molar-refractivity contribution in [2.45, 2.75) is 6.54 Å². The van der Waals surface area contributed by atoms with Gasteiger partial charge in [0.2, 0.25) is 5.88 Å². The first-order valence-electron chi connectivity index (χ1n) is 5.54. The fourth-order valence-electron chi connectivity index (χ4n) is 1.47. The molecule has 3 N–H and O–H groups in total. The van der Waals surface area contributed by atoms with Gasteiger partial charge in [-0.05, 0) is 5.56 Å². The minimum Gasteiger partial charge on any atom is -0.481 e. The van der Waals surface area contributed by atoms with Crippen molar-refractivity contribution in [3.8, 4) is 5.88 Å². The molecule has 0 fully saturated rings. The monoisotopic (exact) mass is 275 g/mol. The number of ether oxygens (including phenoxy) is 1. The SMILES string of the molecule is COc1ccc(CNc2nccnc2C(N)=S)cn1. The van der Waals surface area contributed by atoms with Gasteiger partial charge in [0.15, 0.2) is 5.82 Å². The maximum atomic E-state index is 5.58. The summed E-state index contributed by atoms with van der Waals surface area (Å²) in [4.78, 5) is 12.6. The van der Waals surface area contributed by atoms with E-state index in [1.54, 1.807) is 31.8 Å². The molecule has 0 saturated carbocycles. The molecule has 2 aromatic heterocycles. The average Bonchev–Trinajstić information content (AvgIpc) is 2.46. The van der Waals surface area contributed by atoms with Gasteiger partial charge >= 0.3 is 0 Å². The molecular formula is C12H13N5OS. The van der Waals surface area contributed by atoms with E-state index in [-0.39, 0.29) is 4.99 Å². The van der Waals surface area contributed by atoms with Crippen molar-refractivity contribution in [3.05, 3.63) is 42.0 Å². The summed E-state index contributed by atoms with van der Waals surface area (Å²) in [6.07, 6.45) is 4.85. The zero-order valence-electron chi connectivity index (χ0n) is 10.3. The fourth-order valence-corrected chi connectivity index (χ4v) is 1.62. The van der Waals surface area contributed by atoms with Crippen molar-refractivity contribution in [1.29, 1.82) is 0 Å².